The second-order valence-corrected chi connectivity index (χ2v) is 8.00. The van der Waals surface area contributed by atoms with Crippen LogP contribution in [0.2, 0.25) is 0 Å². The number of carbonyl (C=O) groups is 1. The topological polar surface area (TPSA) is 55.1 Å². The van der Waals surface area contributed by atoms with Crippen LogP contribution in [0.4, 0.5) is 0 Å². The number of alkyl halides is 2. The van der Waals surface area contributed by atoms with Gasteiger partial charge in [0.1, 0.15) is 0 Å². The van der Waals surface area contributed by atoms with Gasteiger partial charge in [-0.25, -0.2) is 0 Å². The zero-order chi connectivity index (χ0) is 17.4. The van der Waals surface area contributed by atoms with Crippen molar-refractivity contribution in [3.8, 4) is 0 Å². The quantitative estimate of drug-likeness (QED) is 0.198. The summed E-state index contributed by atoms with van der Waals surface area (Å²) >= 11 is 12.1. The number of hydrogen-bond acceptors (Lipinski definition) is 2. The first-order valence-corrected chi connectivity index (χ1v) is 10.1. The average molecular weight is 367 g/mol. The molecule has 3 nitrogen and oxygen atoms in total. The molecule has 0 aromatic rings. The van der Waals surface area contributed by atoms with Crippen LogP contribution in [0.3, 0.4) is 0 Å². The summed E-state index contributed by atoms with van der Waals surface area (Å²) in [6, 6.07) is 0. The molecule has 0 aliphatic carbocycles. The molecule has 138 valence electrons. The summed E-state index contributed by atoms with van der Waals surface area (Å²) in [4.78, 5) is 10.7. The highest BCUT2D eigenvalue weighted by atomic mass is 35.5. The van der Waals surface area contributed by atoms with Gasteiger partial charge in [-0.3, -0.25) is 10.1 Å². The van der Waals surface area contributed by atoms with Crippen molar-refractivity contribution in [3.05, 3.63) is 0 Å². The summed E-state index contributed by atoms with van der Waals surface area (Å²) in [5, 5.41) is 2.76. The summed E-state index contributed by atoms with van der Waals surface area (Å²) in [6.45, 7) is 2.28. The first-order valence-electron chi connectivity index (χ1n) is 9.39. The minimum Gasteiger partial charge on any atom is -0.369 e. The Morgan fingerprint density at radius 2 is 1.22 bits per heavy atom. The molecule has 0 aromatic heterocycles. The molecule has 0 unspecified atom stereocenters. The molecular weight excluding hydrogens is 331 g/mol. The summed E-state index contributed by atoms with van der Waals surface area (Å²) in [5.74, 6) is -0.443. The van der Waals surface area contributed by atoms with E-state index in [1.54, 1.807) is 0 Å². The number of halogens is 2. The summed E-state index contributed by atoms with van der Waals surface area (Å²) in [7, 11) is 0. The van der Waals surface area contributed by atoms with E-state index in [1.807, 2.05) is 0 Å². The number of rotatable bonds is 17. The first-order chi connectivity index (χ1) is 11.0. The molecule has 1 amide bonds. The fraction of sp³-hybridized carbons (Fsp3) is 0.944. The Bertz CT molecular complexity index is 286. The van der Waals surface area contributed by atoms with Crippen molar-refractivity contribution in [2.75, 3.05) is 6.54 Å². The highest BCUT2D eigenvalue weighted by Gasteiger charge is 2.22. The second kappa shape index (κ2) is 15.5. The largest absolute Gasteiger partial charge is 0.369 e. The van der Waals surface area contributed by atoms with E-state index in [1.165, 1.54) is 70.6 Å². The molecular formula is C18H36Cl2N2O. The lowest BCUT2D eigenvalue weighted by molar-refractivity contribution is -0.117. The van der Waals surface area contributed by atoms with Crippen LogP contribution >= 0.6 is 23.2 Å². The SMILES string of the molecule is CCCCCCCCCCCCCCCC(Cl)(Cl)NCC(N)=O. The number of nitrogens with two attached hydrogens (primary N) is 1. The molecule has 0 heterocycles. The first kappa shape index (κ1) is 23.0. The van der Waals surface area contributed by atoms with Crippen LogP contribution in [0.1, 0.15) is 96.8 Å². The number of unbranched alkanes of at least 4 members (excludes halogenated alkanes) is 12. The minimum atomic E-state index is -1.03. The summed E-state index contributed by atoms with van der Waals surface area (Å²) in [6.07, 6.45) is 17.7. The van der Waals surface area contributed by atoms with Crippen LogP contribution in [0.25, 0.3) is 0 Å². The number of amides is 1. The van der Waals surface area contributed by atoms with Crippen molar-refractivity contribution in [1.82, 2.24) is 5.32 Å². The lowest BCUT2D eigenvalue weighted by atomic mass is 10.0. The molecule has 0 aliphatic heterocycles. The average Bonchev–Trinajstić information content (AvgIpc) is 2.50. The van der Waals surface area contributed by atoms with E-state index in [2.05, 4.69) is 12.2 Å². The Morgan fingerprint density at radius 1 is 0.826 bits per heavy atom. The van der Waals surface area contributed by atoms with Crippen molar-refractivity contribution >= 4 is 29.1 Å². The fourth-order valence-electron chi connectivity index (χ4n) is 2.67. The molecule has 0 aliphatic rings. The summed E-state index contributed by atoms with van der Waals surface area (Å²) in [5.41, 5.74) is 5.06. The van der Waals surface area contributed by atoms with Gasteiger partial charge < -0.3 is 5.73 Å². The zero-order valence-electron chi connectivity index (χ0n) is 14.8. The number of primary amides is 1. The van der Waals surface area contributed by atoms with Gasteiger partial charge in [0.05, 0.1) is 6.54 Å². The highest BCUT2D eigenvalue weighted by molar-refractivity contribution is 6.48. The summed E-state index contributed by atoms with van der Waals surface area (Å²) < 4.78 is -1.03. The smallest absolute Gasteiger partial charge is 0.231 e. The number of carbonyl (C=O) groups excluding carboxylic acids is 1. The Morgan fingerprint density at radius 3 is 1.61 bits per heavy atom. The third-order valence-electron chi connectivity index (χ3n) is 4.12. The Hall–Kier alpha value is 0.01000. The molecule has 0 bridgehead atoms. The zero-order valence-corrected chi connectivity index (χ0v) is 16.4. The van der Waals surface area contributed by atoms with Crippen molar-refractivity contribution in [3.63, 3.8) is 0 Å². The van der Waals surface area contributed by atoms with Gasteiger partial charge in [-0.1, -0.05) is 107 Å². The third-order valence-corrected chi connectivity index (χ3v) is 4.76. The molecule has 0 atom stereocenters. The van der Waals surface area contributed by atoms with Crippen LogP contribution in [-0.4, -0.2) is 16.9 Å². The van der Waals surface area contributed by atoms with Crippen molar-refractivity contribution in [2.45, 2.75) is 101 Å². The van der Waals surface area contributed by atoms with Gasteiger partial charge in [0, 0.05) is 0 Å². The monoisotopic (exact) mass is 366 g/mol. The molecule has 0 spiro atoms. The number of nitrogens with one attached hydrogen (secondary N) is 1. The standard InChI is InChI=1S/C18H36Cl2N2O/c1-2-3-4-5-6-7-8-9-10-11-12-13-14-15-18(19,20)22-16-17(21)23/h22H,2-16H2,1H3,(H2,21,23). The molecule has 0 saturated carbocycles. The fourth-order valence-corrected chi connectivity index (χ4v) is 3.07. The van der Waals surface area contributed by atoms with Crippen LogP contribution in [0, 0.1) is 0 Å². The molecule has 0 radical (unpaired) electrons. The molecule has 3 N–H and O–H groups in total. The van der Waals surface area contributed by atoms with Crippen molar-refractivity contribution in [2.24, 2.45) is 5.73 Å². The van der Waals surface area contributed by atoms with Crippen LogP contribution in [0.15, 0.2) is 0 Å². The predicted molar refractivity (Wildman–Crippen MR) is 102 cm³/mol. The molecule has 0 rings (SSSR count). The molecule has 5 heteroatoms. The Kier molecular flexibility index (Phi) is 15.5. The van der Waals surface area contributed by atoms with E-state index < -0.39 is 10.4 Å². The highest BCUT2D eigenvalue weighted by Crippen LogP contribution is 2.24. The maximum absolute atomic E-state index is 10.7. The van der Waals surface area contributed by atoms with E-state index >= 15 is 0 Å². The van der Waals surface area contributed by atoms with Gasteiger partial charge >= 0.3 is 0 Å². The molecule has 0 fully saturated rings. The van der Waals surface area contributed by atoms with Crippen LogP contribution in [-0.2, 0) is 4.79 Å². The van der Waals surface area contributed by atoms with Gasteiger partial charge in [0.25, 0.3) is 0 Å². The van der Waals surface area contributed by atoms with E-state index in [0.717, 1.165) is 12.8 Å². The van der Waals surface area contributed by atoms with Gasteiger partial charge in [-0.2, -0.15) is 0 Å². The Labute approximate surface area is 153 Å². The van der Waals surface area contributed by atoms with Gasteiger partial charge in [-0.15, -0.1) is 0 Å². The lowest BCUT2D eigenvalue weighted by Gasteiger charge is -2.20. The van der Waals surface area contributed by atoms with E-state index in [9.17, 15) is 4.79 Å². The lowest BCUT2D eigenvalue weighted by Crippen LogP contribution is -2.40. The van der Waals surface area contributed by atoms with Crippen molar-refractivity contribution < 1.29 is 4.79 Å². The maximum atomic E-state index is 10.7. The minimum absolute atomic E-state index is 0.0193. The maximum Gasteiger partial charge on any atom is 0.231 e. The normalized spacial score (nSPS) is 11.8. The van der Waals surface area contributed by atoms with Gasteiger partial charge in [0.15, 0.2) is 4.46 Å². The van der Waals surface area contributed by atoms with Crippen molar-refractivity contribution in [1.29, 1.82) is 0 Å². The number of hydrogen-bond donors (Lipinski definition) is 2. The Balaban J connectivity index is 3.25. The molecule has 23 heavy (non-hydrogen) atoms. The van der Waals surface area contributed by atoms with Gasteiger partial charge in [-0.05, 0) is 12.8 Å². The van der Waals surface area contributed by atoms with Gasteiger partial charge in [0.2, 0.25) is 5.91 Å². The van der Waals surface area contributed by atoms with Crippen LogP contribution < -0.4 is 11.1 Å². The van der Waals surface area contributed by atoms with Crippen LogP contribution in [0.5, 0.6) is 0 Å². The van der Waals surface area contributed by atoms with E-state index in [4.69, 9.17) is 28.9 Å². The van der Waals surface area contributed by atoms with E-state index in [-0.39, 0.29) is 6.54 Å². The molecule has 0 saturated heterocycles. The van der Waals surface area contributed by atoms with E-state index in [0.29, 0.717) is 6.42 Å². The second-order valence-electron chi connectivity index (χ2n) is 6.52. The predicted octanol–water partition coefficient (Wildman–Crippen LogP) is 5.67. The molecule has 0 aromatic carbocycles. The third kappa shape index (κ3) is 18.2.